The zero-order valence-electron chi connectivity index (χ0n) is 23.3. The molecule has 2 aromatic heterocycles. The minimum absolute atomic E-state index is 0.0674. The van der Waals surface area contributed by atoms with Crippen molar-refractivity contribution in [1.29, 1.82) is 0 Å². The van der Waals surface area contributed by atoms with Crippen LogP contribution in [-0.4, -0.2) is 71.0 Å². The molecular weight excluding hydrogens is 538 g/mol. The molecule has 6 rings (SSSR count). The van der Waals surface area contributed by atoms with Crippen LogP contribution in [-0.2, 0) is 11.3 Å². The van der Waals surface area contributed by atoms with Gasteiger partial charge in [0.15, 0.2) is 0 Å². The van der Waals surface area contributed by atoms with E-state index in [2.05, 4.69) is 39.4 Å². The summed E-state index contributed by atoms with van der Waals surface area (Å²) in [4.78, 5) is 31.5. The van der Waals surface area contributed by atoms with E-state index in [0.717, 1.165) is 47.6 Å². The summed E-state index contributed by atoms with van der Waals surface area (Å²) in [6.07, 6.45) is 5.56. The molecule has 4 aromatic rings. The van der Waals surface area contributed by atoms with Crippen molar-refractivity contribution in [3.05, 3.63) is 87.3 Å². The summed E-state index contributed by atoms with van der Waals surface area (Å²) in [6, 6.07) is 15.7. The van der Waals surface area contributed by atoms with Gasteiger partial charge in [0.05, 0.1) is 12.7 Å². The second-order valence-electron chi connectivity index (χ2n) is 10.4. The van der Waals surface area contributed by atoms with Crippen LogP contribution in [0.1, 0.15) is 24.2 Å². The second-order valence-corrected chi connectivity index (χ2v) is 10.8. The summed E-state index contributed by atoms with van der Waals surface area (Å²) in [5.41, 5.74) is 5.59. The maximum atomic E-state index is 13.7. The Hall–Kier alpha value is -4.05. The Morgan fingerprint density at radius 2 is 1.93 bits per heavy atom. The standard InChI is InChI=1S/C31H32ClN7O2/c1-4-39-29-22(15-25(30(39)40)24-10-7-21(16-26(24)32)27-11-12-33-19-38(27)3)17-34-31(36-29)35-23-8-5-20(6-9-23)28-18-37(2)13-14-41-28/h5-12,15-17,28H,4,13-14,18-19H2,1-3H3,(H,34,35,36). The summed E-state index contributed by atoms with van der Waals surface area (Å²) < 4.78 is 7.59. The Morgan fingerprint density at radius 3 is 2.66 bits per heavy atom. The molecule has 2 aromatic carbocycles. The van der Waals surface area contributed by atoms with Gasteiger partial charge in [-0.1, -0.05) is 35.9 Å². The van der Waals surface area contributed by atoms with Gasteiger partial charge in [0.1, 0.15) is 12.3 Å². The van der Waals surface area contributed by atoms with Crippen LogP contribution in [0.2, 0.25) is 5.02 Å². The third kappa shape index (κ3) is 5.48. The molecule has 4 heterocycles. The van der Waals surface area contributed by atoms with Crippen molar-refractivity contribution in [3.63, 3.8) is 0 Å². The number of anilines is 2. The fourth-order valence-corrected chi connectivity index (χ4v) is 5.58. The Kier molecular flexibility index (Phi) is 7.57. The molecule has 10 heteroatoms. The molecule has 0 spiro atoms. The number of nitrogens with zero attached hydrogens (tertiary/aromatic N) is 6. The molecule has 2 aliphatic heterocycles. The van der Waals surface area contributed by atoms with Crippen LogP contribution in [0.25, 0.3) is 27.9 Å². The van der Waals surface area contributed by atoms with Crippen molar-refractivity contribution in [2.24, 2.45) is 4.99 Å². The summed E-state index contributed by atoms with van der Waals surface area (Å²) >= 11 is 6.75. The Morgan fingerprint density at radius 1 is 1.10 bits per heavy atom. The Balaban J connectivity index is 1.29. The number of hydrogen-bond donors (Lipinski definition) is 1. The van der Waals surface area contributed by atoms with Crippen molar-refractivity contribution >= 4 is 46.2 Å². The van der Waals surface area contributed by atoms with Gasteiger partial charge in [-0.25, -0.2) is 4.98 Å². The molecule has 1 unspecified atom stereocenters. The van der Waals surface area contributed by atoms with Crippen molar-refractivity contribution in [3.8, 4) is 11.1 Å². The van der Waals surface area contributed by atoms with Crippen LogP contribution < -0.4 is 10.9 Å². The van der Waals surface area contributed by atoms with Gasteiger partial charge in [0.25, 0.3) is 5.56 Å². The zero-order chi connectivity index (χ0) is 28.5. The second kappa shape index (κ2) is 11.4. The van der Waals surface area contributed by atoms with Gasteiger partial charge in [-0.15, -0.1) is 0 Å². The van der Waals surface area contributed by atoms with Gasteiger partial charge >= 0.3 is 0 Å². The van der Waals surface area contributed by atoms with Gasteiger partial charge < -0.3 is 19.9 Å². The van der Waals surface area contributed by atoms with Gasteiger partial charge in [-0.3, -0.25) is 14.4 Å². The average molecular weight is 570 g/mol. The van der Waals surface area contributed by atoms with Crippen LogP contribution in [0.15, 0.2) is 70.6 Å². The van der Waals surface area contributed by atoms with Crippen molar-refractivity contribution in [1.82, 2.24) is 24.3 Å². The number of benzene rings is 2. The summed E-state index contributed by atoms with van der Waals surface area (Å²) in [5.74, 6) is 0.420. The number of nitrogens with one attached hydrogen (secondary N) is 1. The lowest BCUT2D eigenvalue weighted by atomic mass is 10.0. The molecule has 1 N–H and O–H groups in total. The molecule has 0 bridgehead atoms. The van der Waals surface area contributed by atoms with E-state index in [1.54, 1.807) is 17.0 Å². The highest BCUT2D eigenvalue weighted by Gasteiger charge is 2.20. The number of rotatable bonds is 6. The molecule has 0 amide bonds. The molecule has 9 nitrogen and oxygen atoms in total. The first-order chi connectivity index (χ1) is 19.9. The first kappa shape index (κ1) is 27.1. The van der Waals surface area contributed by atoms with Crippen LogP contribution >= 0.6 is 11.6 Å². The third-order valence-corrected chi connectivity index (χ3v) is 7.86. The molecule has 41 heavy (non-hydrogen) atoms. The average Bonchev–Trinajstić information content (AvgIpc) is 2.98. The Labute approximate surface area is 243 Å². The van der Waals surface area contributed by atoms with Crippen LogP contribution in [0.5, 0.6) is 0 Å². The molecule has 1 fully saturated rings. The van der Waals surface area contributed by atoms with Crippen molar-refractivity contribution in [2.45, 2.75) is 19.6 Å². The molecular formula is C31H32ClN7O2. The number of halogens is 1. The fourth-order valence-electron chi connectivity index (χ4n) is 5.30. The summed E-state index contributed by atoms with van der Waals surface area (Å²) in [6.45, 7) is 5.53. The number of fused-ring (bicyclic) bond motifs is 1. The first-order valence-electron chi connectivity index (χ1n) is 13.7. The number of morpholine rings is 1. The van der Waals surface area contributed by atoms with E-state index in [0.29, 0.717) is 41.0 Å². The SMILES string of the molecule is CCn1c(=O)c(-c2ccc(C3=CC=NCN3C)cc2Cl)cc2cnc(Nc3ccc(C4CN(C)CCO4)cc3)nc21. The molecule has 0 aliphatic carbocycles. The largest absolute Gasteiger partial charge is 0.371 e. The fraction of sp³-hybridized carbons (Fsp3) is 0.290. The quantitative estimate of drug-likeness (QED) is 0.342. The van der Waals surface area contributed by atoms with Crippen LogP contribution in [0.4, 0.5) is 11.6 Å². The summed E-state index contributed by atoms with van der Waals surface area (Å²) in [7, 11) is 4.09. The van der Waals surface area contributed by atoms with E-state index in [-0.39, 0.29) is 11.7 Å². The number of likely N-dealkylation sites (N-methyl/N-ethyl adjacent to an activating group) is 1. The van der Waals surface area contributed by atoms with Crippen LogP contribution in [0, 0.1) is 0 Å². The monoisotopic (exact) mass is 569 g/mol. The van der Waals surface area contributed by atoms with E-state index in [4.69, 9.17) is 21.3 Å². The first-order valence-corrected chi connectivity index (χ1v) is 14.1. The predicted molar refractivity (Wildman–Crippen MR) is 165 cm³/mol. The van der Waals surface area contributed by atoms with Gasteiger partial charge in [0, 0.05) is 72.0 Å². The number of hydrogen-bond acceptors (Lipinski definition) is 8. The minimum Gasteiger partial charge on any atom is -0.371 e. The number of allylic oxidation sites excluding steroid dienone is 1. The molecule has 2 aliphatic rings. The van der Waals surface area contributed by atoms with Crippen molar-refractivity contribution < 1.29 is 4.74 Å². The lowest BCUT2D eigenvalue weighted by Gasteiger charge is -2.30. The molecule has 0 radical (unpaired) electrons. The maximum Gasteiger partial charge on any atom is 0.260 e. The van der Waals surface area contributed by atoms with Gasteiger partial charge in [0.2, 0.25) is 5.95 Å². The molecule has 1 atom stereocenters. The number of pyridine rings is 1. The van der Waals surface area contributed by atoms with Gasteiger partial charge in [-0.05, 0) is 55.4 Å². The molecule has 0 saturated carbocycles. The number of aliphatic imine (C=N–C) groups is 1. The number of aryl methyl sites for hydroxylation is 1. The lowest BCUT2D eigenvalue weighted by Crippen LogP contribution is -2.35. The highest BCUT2D eigenvalue weighted by molar-refractivity contribution is 6.33. The maximum absolute atomic E-state index is 13.7. The lowest BCUT2D eigenvalue weighted by molar-refractivity contribution is -0.0208. The third-order valence-electron chi connectivity index (χ3n) is 7.55. The van der Waals surface area contributed by atoms with E-state index in [9.17, 15) is 4.79 Å². The number of ether oxygens (including phenoxy) is 1. The van der Waals surface area contributed by atoms with E-state index in [1.165, 1.54) is 0 Å². The van der Waals surface area contributed by atoms with E-state index < -0.39 is 0 Å². The summed E-state index contributed by atoms with van der Waals surface area (Å²) in [5, 5.41) is 4.54. The highest BCUT2D eigenvalue weighted by atomic mass is 35.5. The normalized spacial score (nSPS) is 17.6. The predicted octanol–water partition coefficient (Wildman–Crippen LogP) is 5.19. The number of aromatic nitrogens is 3. The van der Waals surface area contributed by atoms with Crippen molar-refractivity contribution in [2.75, 3.05) is 45.8 Å². The molecule has 1 saturated heterocycles. The van der Waals surface area contributed by atoms with E-state index in [1.807, 2.05) is 61.3 Å². The van der Waals surface area contributed by atoms with Crippen LogP contribution in [0.3, 0.4) is 0 Å². The zero-order valence-corrected chi connectivity index (χ0v) is 24.1. The molecule has 210 valence electrons. The van der Waals surface area contributed by atoms with E-state index >= 15 is 0 Å². The van der Waals surface area contributed by atoms with Gasteiger partial charge in [-0.2, -0.15) is 4.98 Å². The Bertz CT molecular complexity index is 1710. The highest BCUT2D eigenvalue weighted by Crippen LogP contribution is 2.32. The topological polar surface area (TPSA) is 87.9 Å². The smallest absolute Gasteiger partial charge is 0.260 e. The minimum atomic E-state index is -0.151.